The molecular weight excluding hydrogens is 362 g/mol. The number of aromatic nitrogens is 1. The van der Waals surface area contributed by atoms with Gasteiger partial charge >= 0.3 is 0 Å². The Morgan fingerprint density at radius 3 is 2.41 bits per heavy atom. The standard InChI is InChI=1S/C24H27N3O2/c1-4-27(17-19-8-6-5-7-9-19)24(28)23-16-21(14-15-25-23)26-20-10-12-22(13-11-20)29-18(2)3/h5-16,18H,4,17H2,1-3H3,(H,25,26). The van der Waals surface area contributed by atoms with Gasteiger partial charge in [-0.1, -0.05) is 30.3 Å². The average Bonchev–Trinajstić information content (AvgIpc) is 2.73. The first-order valence-corrected chi connectivity index (χ1v) is 9.88. The highest BCUT2D eigenvalue weighted by Crippen LogP contribution is 2.21. The van der Waals surface area contributed by atoms with Gasteiger partial charge in [0, 0.05) is 30.7 Å². The van der Waals surface area contributed by atoms with E-state index in [1.165, 1.54) is 0 Å². The van der Waals surface area contributed by atoms with Crippen LogP contribution in [0.15, 0.2) is 72.9 Å². The molecule has 2 aromatic carbocycles. The number of carbonyl (C=O) groups is 1. The molecule has 0 unspecified atom stereocenters. The van der Waals surface area contributed by atoms with Gasteiger partial charge in [0.05, 0.1) is 6.10 Å². The van der Waals surface area contributed by atoms with Crippen LogP contribution in [0.3, 0.4) is 0 Å². The van der Waals surface area contributed by atoms with Gasteiger partial charge in [0.15, 0.2) is 0 Å². The Hall–Kier alpha value is -3.34. The van der Waals surface area contributed by atoms with Gasteiger partial charge in [-0.3, -0.25) is 9.78 Å². The van der Waals surface area contributed by atoms with Crippen LogP contribution < -0.4 is 10.1 Å². The summed E-state index contributed by atoms with van der Waals surface area (Å²) in [6.45, 7) is 7.15. The van der Waals surface area contributed by atoms with Crippen molar-refractivity contribution in [3.63, 3.8) is 0 Å². The van der Waals surface area contributed by atoms with E-state index in [-0.39, 0.29) is 12.0 Å². The Morgan fingerprint density at radius 1 is 1.03 bits per heavy atom. The summed E-state index contributed by atoms with van der Waals surface area (Å²) in [4.78, 5) is 19.0. The van der Waals surface area contributed by atoms with Crippen molar-refractivity contribution in [2.45, 2.75) is 33.4 Å². The molecule has 150 valence electrons. The Morgan fingerprint density at radius 2 is 1.76 bits per heavy atom. The van der Waals surface area contributed by atoms with Crippen LogP contribution in [-0.4, -0.2) is 28.4 Å². The van der Waals surface area contributed by atoms with Gasteiger partial charge in [0.25, 0.3) is 5.91 Å². The predicted octanol–water partition coefficient (Wildman–Crippen LogP) is 5.27. The van der Waals surface area contributed by atoms with Crippen LogP contribution in [0.25, 0.3) is 0 Å². The maximum absolute atomic E-state index is 13.0. The zero-order valence-corrected chi connectivity index (χ0v) is 17.1. The van der Waals surface area contributed by atoms with Crippen molar-refractivity contribution in [1.82, 2.24) is 9.88 Å². The first-order valence-electron chi connectivity index (χ1n) is 9.88. The number of benzene rings is 2. The number of ether oxygens (including phenoxy) is 1. The van der Waals surface area contributed by atoms with E-state index >= 15 is 0 Å². The van der Waals surface area contributed by atoms with Crippen molar-refractivity contribution in [2.24, 2.45) is 0 Å². The molecule has 1 amide bonds. The van der Waals surface area contributed by atoms with Crippen molar-refractivity contribution in [3.05, 3.63) is 84.2 Å². The molecule has 0 aliphatic carbocycles. The second kappa shape index (κ2) is 9.73. The van der Waals surface area contributed by atoms with Crippen LogP contribution in [0.2, 0.25) is 0 Å². The lowest BCUT2D eigenvalue weighted by Crippen LogP contribution is -2.31. The zero-order chi connectivity index (χ0) is 20.6. The Balaban J connectivity index is 1.70. The van der Waals surface area contributed by atoms with Gasteiger partial charge in [-0.25, -0.2) is 0 Å². The number of rotatable bonds is 8. The van der Waals surface area contributed by atoms with Crippen molar-refractivity contribution < 1.29 is 9.53 Å². The van der Waals surface area contributed by atoms with Gasteiger partial charge < -0.3 is 15.0 Å². The number of nitrogens with zero attached hydrogens (tertiary/aromatic N) is 2. The van der Waals surface area contributed by atoms with Crippen LogP contribution in [0.5, 0.6) is 5.75 Å². The van der Waals surface area contributed by atoms with Crippen LogP contribution in [0, 0.1) is 0 Å². The summed E-state index contributed by atoms with van der Waals surface area (Å²) in [5, 5.41) is 3.32. The molecular formula is C24H27N3O2. The van der Waals surface area contributed by atoms with Crippen molar-refractivity contribution >= 4 is 17.3 Å². The van der Waals surface area contributed by atoms with E-state index in [9.17, 15) is 4.79 Å². The normalized spacial score (nSPS) is 10.6. The number of carbonyl (C=O) groups excluding carboxylic acids is 1. The molecule has 3 aromatic rings. The molecule has 0 aliphatic heterocycles. The number of hydrogen-bond donors (Lipinski definition) is 1. The summed E-state index contributed by atoms with van der Waals surface area (Å²) in [7, 11) is 0. The van der Waals surface area contributed by atoms with Gasteiger partial charge in [0.2, 0.25) is 0 Å². The number of anilines is 2. The van der Waals surface area contributed by atoms with E-state index in [2.05, 4.69) is 10.3 Å². The lowest BCUT2D eigenvalue weighted by Gasteiger charge is -2.21. The fourth-order valence-electron chi connectivity index (χ4n) is 2.97. The van der Waals surface area contributed by atoms with E-state index < -0.39 is 0 Å². The highest BCUT2D eigenvalue weighted by atomic mass is 16.5. The maximum atomic E-state index is 13.0. The highest BCUT2D eigenvalue weighted by molar-refractivity contribution is 5.93. The van der Waals surface area contributed by atoms with Crippen molar-refractivity contribution in [2.75, 3.05) is 11.9 Å². The summed E-state index contributed by atoms with van der Waals surface area (Å²) in [6, 6.07) is 21.4. The highest BCUT2D eigenvalue weighted by Gasteiger charge is 2.16. The third-order valence-corrected chi connectivity index (χ3v) is 4.38. The fourth-order valence-corrected chi connectivity index (χ4v) is 2.97. The van der Waals surface area contributed by atoms with E-state index in [1.54, 1.807) is 17.2 Å². The molecule has 1 heterocycles. The molecule has 0 atom stereocenters. The number of nitrogens with one attached hydrogen (secondary N) is 1. The zero-order valence-electron chi connectivity index (χ0n) is 17.1. The summed E-state index contributed by atoms with van der Waals surface area (Å²) in [5.74, 6) is 0.747. The molecule has 0 saturated carbocycles. The van der Waals surface area contributed by atoms with Gasteiger partial charge in [-0.2, -0.15) is 0 Å². The van der Waals surface area contributed by atoms with Gasteiger partial charge in [-0.05, 0) is 62.7 Å². The second-order valence-corrected chi connectivity index (χ2v) is 7.05. The molecule has 0 fully saturated rings. The molecule has 0 aliphatic rings. The summed E-state index contributed by atoms with van der Waals surface area (Å²) in [5.41, 5.74) is 3.26. The Labute approximate surface area is 172 Å². The van der Waals surface area contributed by atoms with E-state index in [4.69, 9.17) is 4.74 Å². The SMILES string of the molecule is CCN(Cc1ccccc1)C(=O)c1cc(Nc2ccc(OC(C)C)cc2)ccn1. The number of pyridine rings is 1. The lowest BCUT2D eigenvalue weighted by atomic mass is 10.2. The van der Waals surface area contributed by atoms with Gasteiger partial charge in [0.1, 0.15) is 11.4 Å². The third-order valence-electron chi connectivity index (χ3n) is 4.38. The van der Waals surface area contributed by atoms with E-state index in [0.717, 1.165) is 22.7 Å². The molecule has 0 bridgehead atoms. The summed E-state index contributed by atoms with van der Waals surface area (Å²) in [6.07, 6.45) is 1.79. The fraction of sp³-hybridized carbons (Fsp3) is 0.250. The molecule has 1 aromatic heterocycles. The topological polar surface area (TPSA) is 54.5 Å². The first kappa shape index (κ1) is 20.4. The first-order chi connectivity index (χ1) is 14.0. The molecule has 3 rings (SSSR count). The van der Waals surface area contributed by atoms with E-state index in [0.29, 0.717) is 18.8 Å². The minimum atomic E-state index is -0.0827. The molecule has 29 heavy (non-hydrogen) atoms. The van der Waals surface area contributed by atoms with Crippen molar-refractivity contribution in [1.29, 1.82) is 0 Å². The molecule has 1 N–H and O–H groups in total. The Kier molecular flexibility index (Phi) is 6.85. The number of hydrogen-bond acceptors (Lipinski definition) is 4. The lowest BCUT2D eigenvalue weighted by molar-refractivity contribution is 0.0746. The maximum Gasteiger partial charge on any atom is 0.272 e. The quantitative estimate of drug-likeness (QED) is 0.570. The van der Waals surface area contributed by atoms with Gasteiger partial charge in [-0.15, -0.1) is 0 Å². The predicted molar refractivity (Wildman–Crippen MR) is 117 cm³/mol. The second-order valence-electron chi connectivity index (χ2n) is 7.05. The molecule has 0 spiro atoms. The molecule has 0 saturated heterocycles. The molecule has 0 radical (unpaired) electrons. The number of amides is 1. The molecule has 5 nitrogen and oxygen atoms in total. The van der Waals surface area contributed by atoms with Crippen LogP contribution in [0.4, 0.5) is 11.4 Å². The monoisotopic (exact) mass is 389 g/mol. The Bertz CT molecular complexity index is 924. The largest absolute Gasteiger partial charge is 0.491 e. The molecule has 5 heteroatoms. The van der Waals surface area contributed by atoms with Crippen LogP contribution >= 0.6 is 0 Å². The van der Waals surface area contributed by atoms with Crippen LogP contribution in [-0.2, 0) is 6.54 Å². The van der Waals surface area contributed by atoms with Crippen LogP contribution in [0.1, 0.15) is 36.8 Å². The summed E-state index contributed by atoms with van der Waals surface area (Å²) >= 11 is 0. The van der Waals surface area contributed by atoms with Crippen molar-refractivity contribution in [3.8, 4) is 5.75 Å². The minimum absolute atomic E-state index is 0.0827. The smallest absolute Gasteiger partial charge is 0.272 e. The van der Waals surface area contributed by atoms with E-state index in [1.807, 2.05) is 81.4 Å². The minimum Gasteiger partial charge on any atom is -0.491 e. The summed E-state index contributed by atoms with van der Waals surface area (Å²) < 4.78 is 5.67. The average molecular weight is 389 g/mol. The third kappa shape index (κ3) is 5.82.